The highest BCUT2D eigenvalue weighted by molar-refractivity contribution is 5.80. The van der Waals surface area contributed by atoms with E-state index in [0.29, 0.717) is 0 Å². The van der Waals surface area contributed by atoms with Crippen LogP contribution in [0.5, 0.6) is 11.5 Å². The third kappa shape index (κ3) is 10.7. The molecule has 0 spiro atoms. The van der Waals surface area contributed by atoms with Gasteiger partial charge in [0.05, 0.1) is 0 Å². The first-order valence-corrected chi connectivity index (χ1v) is 20.9. The zero-order valence-electron chi connectivity index (χ0n) is 36.3. The molecule has 6 rings (SSSR count). The Balaban J connectivity index is 1.00. The van der Waals surface area contributed by atoms with Crippen molar-refractivity contribution >= 4 is 0 Å². The Hall–Kier alpha value is -5.50. The topological polar surface area (TPSA) is 18.5 Å². The Morgan fingerprint density at radius 3 is 0.902 bits per heavy atom. The summed E-state index contributed by atoms with van der Waals surface area (Å²) in [6.07, 6.45) is -1.52. The minimum Gasteiger partial charge on any atom is -0.406 e. The summed E-state index contributed by atoms with van der Waals surface area (Å²) in [5.74, 6) is -0.464. The summed E-state index contributed by atoms with van der Waals surface area (Å²) in [7, 11) is 0. The van der Waals surface area contributed by atoms with Crippen LogP contribution in [-0.2, 0) is 12.8 Å². The van der Waals surface area contributed by atoms with Gasteiger partial charge < -0.3 is 9.47 Å². The molecule has 0 aliphatic carbocycles. The number of aryl methyl sites for hydroxylation is 2. The van der Waals surface area contributed by atoms with E-state index >= 15 is 0 Å². The summed E-state index contributed by atoms with van der Waals surface area (Å²) in [6.45, 7) is 17.1. The summed E-state index contributed by atoms with van der Waals surface area (Å²) in [4.78, 5) is 0. The quantitative estimate of drug-likeness (QED) is 0.0804. The average Bonchev–Trinajstić information content (AvgIpc) is 3.20. The molecule has 0 fully saturated rings. The van der Waals surface area contributed by atoms with Gasteiger partial charge in [-0.2, -0.15) is 0 Å². The monoisotopic (exact) mass is 836 g/mol. The molecular weight excluding hydrogens is 783 g/mol. The predicted octanol–water partition coefficient (Wildman–Crippen LogP) is 16.4. The van der Waals surface area contributed by atoms with Crippen LogP contribution in [-0.4, -0.2) is 12.7 Å². The molecule has 6 aromatic rings. The Morgan fingerprint density at radius 1 is 0.311 bits per heavy atom. The van der Waals surface area contributed by atoms with Crippen molar-refractivity contribution in [1.82, 2.24) is 0 Å². The molecule has 8 heteroatoms. The Morgan fingerprint density at radius 2 is 0.574 bits per heavy atom. The maximum Gasteiger partial charge on any atom is 0.573 e. The Kier molecular flexibility index (Phi) is 13.8. The molecule has 0 radical (unpaired) electrons. The summed E-state index contributed by atoms with van der Waals surface area (Å²) in [5.41, 5.74) is 20.8. The lowest BCUT2D eigenvalue weighted by Crippen LogP contribution is -2.16. The van der Waals surface area contributed by atoms with E-state index in [-0.39, 0.29) is 11.5 Å². The molecule has 0 amide bonds. The molecule has 0 unspecified atom stereocenters. The van der Waals surface area contributed by atoms with Gasteiger partial charge in [-0.1, -0.05) is 92.1 Å². The number of halogens is 6. The molecule has 0 bridgehead atoms. The first-order valence-electron chi connectivity index (χ1n) is 20.9. The molecule has 0 aromatic heterocycles. The standard InChI is InChI=1S/C53H54F6O2/c1-32-34(3)48(50-30-28-46(36(5)38(50)7)42-16-22-44(23-17-42)60-52(54,55)56)26-20-40(32)14-12-10-9-11-13-15-41-21-27-49(35(4)33(41)2)51-31-29-47(37(6)39(51)8)43-18-24-45(25-19-43)61-53(57,58)59/h16-31H,9-15H2,1-8H3. The average molecular weight is 837 g/mol. The SMILES string of the molecule is Cc1c(CCCCCCCc2ccc(-c3ccc(-c4ccc(OC(F)(F)F)cc4)c(C)c3C)c(C)c2C)ccc(-c2ccc(-c3ccc(OC(F)(F)F)cc3)c(C)c2C)c1C. The predicted molar refractivity (Wildman–Crippen MR) is 236 cm³/mol. The molecule has 2 nitrogen and oxygen atoms in total. The summed E-state index contributed by atoms with van der Waals surface area (Å²) in [6, 6.07) is 29.4. The van der Waals surface area contributed by atoms with Crippen molar-refractivity contribution in [2.75, 3.05) is 0 Å². The smallest absolute Gasteiger partial charge is 0.406 e. The molecule has 0 aliphatic rings. The maximum absolute atomic E-state index is 12.6. The first-order chi connectivity index (χ1) is 28.8. The highest BCUT2D eigenvalue weighted by atomic mass is 19.4. The van der Waals surface area contributed by atoms with E-state index in [1.807, 2.05) is 0 Å². The van der Waals surface area contributed by atoms with E-state index in [4.69, 9.17) is 0 Å². The van der Waals surface area contributed by atoms with Crippen molar-refractivity contribution in [3.63, 3.8) is 0 Å². The lowest BCUT2D eigenvalue weighted by atomic mass is 9.86. The molecule has 0 saturated heterocycles. The van der Waals surface area contributed by atoms with Crippen LogP contribution in [0.2, 0.25) is 0 Å². The van der Waals surface area contributed by atoms with Gasteiger partial charge in [0.25, 0.3) is 0 Å². The van der Waals surface area contributed by atoms with E-state index in [2.05, 4.69) is 113 Å². The van der Waals surface area contributed by atoms with E-state index in [1.54, 1.807) is 24.3 Å². The second-order valence-electron chi connectivity index (χ2n) is 16.3. The molecule has 320 valence electrons. The lowest BCUT2D eigenvalue weighted by molar-refractivity contribution is -0.275. The van der Waals surface area contributed by atoms with E-state index in [1.165, 1.54) is 88.0 Å². The summed E-state index contributed by atoms with van der Waals surface area (Å²) >= 11 is 0. The van der Waals surface area contributed by atoms with Crippen molar-refractivity contribution in [2.45, 2.75) is 113 Å². The van der Waals surface area contributed by atoms with Crippen LogP contribution in [0.15, 0.2) is 97.1 Å². The highest BCUT2D eigenvalue weighted by Crippen LogP contribution is 2.39. The fourth-order valence-corrected chi connectivity index (χ4v) is 8.56. The third-order valence-corrected chi connectivity index (χ3v) is 12.6. The van der Waals surface area contributed by atoms with Crippen LogP contribution in [0.1, 0.15) is 87.7 Å². The van der Waals surface area contributed by atoms with E-state index in [9.17, 15) is 26.3 Å². The van der Waals surface area contributed by atoms with Crippen LogP contribution in [0, 0.1) is 55.4 Å². The van der Waals surface area contributed by atoms with E-state index < -0.39 is 12.7 Å². The molecular formula is C53H54F6O2. The van der Waals surface area contributed by atoms with Crippen LogP contribution in [0.4, 0.5) is 26.3 Å². The van der Waals surface area contributed by atoms with Crippen molar-refractivity contribution in [3.8, 4) is 56.0 Å². The van der Waals surface area contributed by atoms with Gasteiger partial charge >= 0.3 is 12.7 Å². The Bertz CT molecular complexity index is 2320. The fourth-order valence-electron chi connectivity index (χ4n) is 8.56. The molecule has 61 heavy (non-hydrogen) atoms. The normalized spacial score (nSPS) is 11.9. The zero-order chi connectivity index (χ0) is 44.2. The van der Waals surface area contributed by atoms with Gasteiger partial charge in [0.2, 0.25) is 0 Å². The molecule has 0 aliphatic heterocycles. The van der Waals surface area contributed by atoms with Gasteiger partial charge in [-0.15, -0.1) is 26.3 Å². The Labute approximate surface area is 356 Å². The molecule has 0 saturated carbocycles. The molecule has 0 heterocycles. The van der Waals surface area contributed by atoms with Gasteiger partial charge in [0.15, 0.2) is 0 Å². The minimum absolute atomic E-state index is 0.232. The van der Waals surface area contributed by atoms with Gasteiger partial charge in [-0.3, -0.25) is 0 Å². The third-order valence-electron chi connectivity index (χ3n) is 12.6. The van der Waals surface area contributed by atoms with Gasteiger partial charge in [0, 0.05) is 0 Å². The number of alkyl halides is 6. The lowest BCUT2D eigenvalue weighted by Gasteiger charge is -2.19. The van der Waals surface area contributed by atoms with Gasteiger partial charge in [-0.05, 0) is 205 Å². The molecule has 0 N–H and O–H groups in total. The summed E-state index contributed by atoms with van der Waals surface area (Å²) < 4.78 is 83.9. The molecule has 0 atom stereocenters. The summed E-state index contributed by atoms with van der Waals surface area (Å²) in [5, 5.41) is 0. The van der Waals surface area contributed by atoms with Crippen LogP contribution in [0.3, 0.4) is 0 Å². The number of unbranched alkanes of at least 4 members (excludes halogenated alkanes) is 4. The largest absolute Gasteiger partial charge is 0.573 e. The second kappa shape index (κ2) is 18.6. The fraction of sp³-hybridized carbons (Fsp3) is 0.321. The van der Waals surface area contributed by atoms with Gasteiger partial charge in [0.1, 0.15) is 11.5 Å². The van der Waals surface area contributed by atoms with Crippen molar-refractivity contribution < 1.29 is 35.8 Å². The van der Waals surface area contributed by atoms with Crippen molar-refractivity contribution in [3.05, 3.63) is 153 Å². The molecule has 6 aromatic carbocycles. The van der Waals surface area contributed by atoms with Gasteiger partial charge in [-0.25, -0.2) is 0 Å². The second-order valence-corrected chi connectivity index (χ2v) is 16.3. The maximum atomic E-state index is 12.6. The first kappa shape index (κ1) is 45.0. The van der Waals surface area contributed by atoms with Crippen LogP contribution >= 0.6 is 0 Å². The zero-order valence-corrected chi connectivity index (χ0v) is 36.3. The van der Waals surface area contributed by atoms with E-state index in [0.717, 1.165) is 81.3 Å². The van der Waals surface area contributed by atoms with Crippen LogP contribution < -0.4 is 9.47 Å². The number of benzene rings is 6. The van der Waals surface area contributed by atoms with Crippen molar-refractivity contribution in [1.29, 1.82) is 0 Å². The highest BCUT2D eigenvalue weighted by Gasteiger charge is 2.32. The number of hydrogen-bond acceptors (Lipinski definition) is 2. The minimum atomic E-state index is -4.72. The number of hydrogen-bond donors (Lipinski definition) is 0. The number of rotatable bonds is 14. The van der Waals surface area contributed by atoms with Crippen molar-refractivity contribution in [2.24, 2.45) is 0 Å². The van der Waals surface area contributed by atoms with Crippen LogP contribution in [0.25, 0.3) is 44.5 Å². The number of ether oxygens (including phenoxy) is 2.